The topological polar surface area (TPSA) is 53.1 Å². The fourth-order valence-electron chi connectivity index (χ4n) is 1.86. The Hall–Kier alpha value is -2.04. The molecule has 0 aliphatic rings. The first-order valence-corrected chi connectivity index (χ1v) is 6.37. The maximum Gasteiger partial charge on any atom is 0.167 e. The first-order valence-electron chi connectivity index (χ1n) is 6.37. The molecular formula is C14H18FN3O. The van der Waals surface area contributed by atoms with Gasteiger partial charge in [0.15, 0.2) is 11.6 Å². The van der Waals surface area contributed by atoms with E-state index in [1.165, 1.54) is 12.1 Å². The first-order chi connectivity index (χ1) is 9.13. The second-order valence-corrected chi connectivity index (χ2v) is 4.27. The summed E-state index contributed by atoms with van der Waals surface area (Å²) < 4.78 is 20.9. The van der Waals surface area contributed by atoms with Crippen molar-refractivity contribution in [2.75, 3.05) is 5.73 Å². The Kier molecular flexibility index (Phi) is 4.04. The van der Waals surface area contributed by atoms with Gasteiger partial charge in [-0.05, 0) is 31.5 Å². The summed E-state index contributed by atoms with van der Waals surface area (Å²) in [5.41, 5.74) is 7.83. The molecule has 0 fully saturated rings. The predicted molar refractivity (Wildman–Crippen MR) is 72.4 cm³/mol. The maximum absolute atomic E-state index is 13.6. The smallest absolute Gasteiger partial charge is 0.167 e. The SMILES string of the molecule is CCc1cc(COc2ccc(N)cc2F)n(CC)n1. The van der Waals surface area contributed by atoms with Crippen molar-refractivity contribution in [3.63, 3.8) is 0 Å². The summed E-state index contributed by atoms with van der Waals surface area (Å²) in [6.45, 7) is 5.12. The van der Waals surface area contributed by atoms with Gasteiger partial charge in [-0.3, -0.25) is 4.68 Å². The fraction of sp³-hybridized carbons (Fsp3) is 0.357. The summed E-state index contributed by atoms with van der Waals surface area (Å²) in [4.78, 5) is 0. The number of hydrogen-bond donors (Lipinski definition) is 1. The molecule has 19 heavy (non-hydrogen) atoms. The lowest BCUT2D eigenvalue weighted by atomic mass is 10.3. The van der Waals surface area contributed by atoms with Gasteiger partial charge in [0.25, 0.3) is 0 Å². The Labute approximate surface area is 112 Å². The van der Waals surface area contributed by atoms with Gasteiger partial charge in [-0.25, -0.2) is 4.39 Å². The number of anilines is 1. The normalized spacial score (nSPS) is 10.7. The Morgan fingerprint density at radius 2 is 2.11 bits per heavy atom. The van der Waals surface area contributed by atoms with Crippen LogP contribution >= 0.6 is 0 Å². The van der Waals surface area contributed by atoms with E-state index in [2.05, 4.69) is 5.10 Å². The fourth-order valence-corrected chi connectivity index (χ4v) is 1.86. The molecule has 0 aliphatic carbocycles. The molecule has 0 unspecified atom stereocenters. The molecule has 0 atom stereocenters. The van der Waals surface area contributed by atoms with Crippen molar-refractivity contribution in [2.24, 2.45) is 0 Å². The molecular weight excluding hydrogens is 245 g/mol. The van der Waals surface area contributed by atoms with Gasteiger partial charge in [0.1, 0.15) is 6.61 Å². The van der Waals surface area contributed by atoms with Gasteiger partial charge in [-0.15, -0.1) is 0 Å². The summed E-state index contributed by atoms with van der Waals surface area (Å²) in [7, 11) is 0. The van der Waals surface area contributed by atoms with Crippen LogP contribution in [0.5, 0.6) is 5.75 Å². The van der Waals surface area contributed by atoms with Crippen LogP contribution in [-0.2, 0) is 19.6 Å². The van der Waals surface area contributed by atoms with Crippen LogP contribution in [0.25, 0.3) is 0 Å². The number of aryl methyl sites for hydroxylation is 2. The number of nitrogens with two attached hydrogens (primary N) is 1. The first kappa shape index (κ1) is 13.4. The third kappa shape index (κ3) is 3.05. The Bertz CT molecular complexity index is 566. The molecule has 0 spiro atoms. The number of ether oxygens (including phenoxy) is 1. The second-order valence-electron chi connectivity index (χ2n) is 4.27. The summed E-state index contributed by atoms with van der Waals surface area (Å²) in [6.07, 6.45) is 0.871. The van der Waals surface area contributed by atoms with Crippen LogP contribution in [0, 0.1) is 5.82 Å². The van der Waals surface area contributed by atoms with E-state index < -0.39 is 5.82 Å². The molecule has 0 amide bonds. The van der Waals surface area contributed by atoms with Crippen molar-refractivity contribution in [3.8, 4) is 5.75 Å². The zero-order chi connectivity index (χ0) is 13.8. The molecule has 2 rings (SSSR count). The average Bonchev–Trinajstić information content (AvgIpc) is 2.80. The molecule has 4 nitrogen and oxygen atoms in total. The molecule has 5 heteroatoms. The minimum absolute atomic E-state index is 0.205. The van der Waals surface area contributed by atoms with Gasteiger partial charge in [-0.2, -0.15) is 5.10 Å². The number of rotatable bonds is 5. The minimum Gasteiger partial charge on any atom is -0.484 e. The Morgan fingerprint density at radius 1 is 1.32 bits per heavy atom. The third-order valence-electron chi connectivity index (χ3n) is 2.91. The van der Waals surface area contributed by atoms with Gasteiger partial charge in [0, 0.05) is 18.3 Å². The van der Waals surface area contributed by atoms with E-state index in [9.17, 15) is 4.39 Å². The number of hydrogen-bond acceptors (Lipinski definition) is 3. The molecule has 1 heterocycles. The molecule has 2 aromatic rings. The number of nitrogens with zero attached hydrogens (tertiary/aromatic N) is 2. The van der Waals surface area contributed by atoms with Gasteiger partial charge < -0.3 is 10.5 Å². The molecule has 2 N–H and O–H groups in total. The zero-order valence-corrected chi connectivity index (χ0v) is 11.2. The highest BCUT2D eigenvalue weighted by atomic mass is 19.1. The number of nitrogen functional groups attached to an aromatic ring is 1. The molecule has 0 bridgehead atoms. The van der Waals surface area contributed by atoms with Gasteiger partial charge in [-0.1, -0.05) is 6.92 Å². The minimum atomic E-state index is -0.446. The highest BCUT2D eigenvalue weighted by Gasteiger charge is 2.08. The van der Waals surface area contributed by atoms with Crippen LogP contribution in [0.2, 0.25) is 0 Å². The third-order valence-corrected chi connectivity index (χ3v) is 2.91. The number of benzene rings is 1. The van der Waals surface area contributed by atoms with E-state index in [4.69, 9.17) is 10.5 Å². The predicted octanol–water partition coefficient (Wildman–Crippen LogP) is 2.77. The lowest BCUT2D eigenvalue weighted by Gasteiger charge is -2.08. The number of aromatic nitrogens is 2. The molecule has 0 saturated heterocycles. The monoisotopic (exact) mass is 263 g/mol. The van der Waals surface area contributed by atoms with E-state index >= 15 is 0 Å². The molecule has 1 aromatic heterocycles. The second kappa shape index (κ2) is 5.73. The summed E-state index contributed by atoms with van der Waals surface area (Å²) in [5.74, 6) is -0.241. The van der Waals surface area contributed by atoms with E-state index in [0.717, 1.165) is 24.4 Å². The molecule has 1 aromatic carbocycles. The summed E-state index contributed by atoms with van der Waals surface area (Å²) in [6, 6.07) is 6.40. The van der Waals surface area contributed by atoms with E-state index in [1.807, 2.05) is 24.6 Å². The van der Waals surface area contributed by atoms with Crippen LogP contribution < -0.4 is 10.5 Å². The zero-order valence-electron chi connectivity index (χ0n) is 11.2. The van der Waals surface area contributed by atoms with Crippen LogP contribution in [-0.4, -0.2) is 9.78 Å². The summed E-state index contributed by atoms with van der Waals surface area (Å²) >= 11 is 0. The summed E-state index contributed by atoms with van der Waals surface area (Å²) in [5, 5.41) is 4.42. The largest absolute Gasteiger partial charge is 0.484 e. The van der Waals surface area contributed by atoms with Crippen molar-refractivity contribution in [2.45, 2.75) is 33.4 Å². The molecule has 0 radical (unpaired) electrons. The molecule has 0 saturated carbocycles. The van der Waals surface area contributed by atoms with Crippen molar-refractivity contribution < 1.29 is 9.13 Å². The van der Waals surface area contributed by atoms with Crippen LogP contribution in [0.15, 0.2) is 24.3 Å². The van der Waals surface area contributed by atoms with Crippen molar-refractivity contribution in [1.29, 1.82) is 0 Å². The number of halogens is 1. The molecule has 0 aliphatic heterocycles. The molecule has 102 valence electrons. The van der Waals surface area contributed by atoms with Crippen molar-refractivity contribution in [1.82, 2.24) is 9.78 Å². The van der Waals surface area contributed by atoms with Crippen LogP contribution in [0.4, 0.5) is 10.1 Å². The lowest BCUT2D eigenvalue weighted by molar-refractivity contribution is 0.278. The van der Waals surface area contributed by atoms with Crippen LogP contribution in [0.1, 0.15) is 25.2 Å². The van der Waals surface area contributed by atoms with E-state index in [1.54, 1.807) is 6.07 Å². The van der Waals surface area contributed by atoms with Gasteiger partial charge in [0.05, 0.1) is 11.4 Å². The highest BCUT2D eigenvalue weighted by molar-refractivity contribution is 5.42. The van der Waals surface area contributed by atoms with Gasteiger partial charge in [0.2, 0.25) is 0 Å². The Morgan fingerprint density at radius 3 is 2.74 bits per heavy atom. The Balaban J connectivity index is 2.11. The average molecular weight is 263 g/mol. The van der Waals surface area contributed by atoms with E-state index in [0.29, 0.717) is 12.3 Å². The van der Waals surface area contributed by atoms with Crippen molar-refractivity contribution >= 4 is 5.69 Å². The standard InChI is InChI=1S/C14H18FN3O/c1-3-11-8-12(18(4-2)17-11)9-19-14-6-5-10(16)7-13(14)15/h5-8H,3-4,9,16H2,1-2H3. The quantitative estimate of drug-likeness (QED) is 0.844. The lowest BCUT2D eigenvalue weighted by Crippen LogP contribution is -2.06. The highest BCUT2D eigenvalue weighted by Crippen LogP contribution is 2.20. The maximum atomic E-state index is 13.6. The van der Waals surface area contributed by atoms with Crippen LogP contribution in [0.3, 0.4) is 0 Å². The van der Waals surface area contributed by atoms with Crippen molar-refractivity contribution in [3.05, 3.63) is 41.5 Å². The van der Waals surface area contributed by atoms with Gasteiger partial charge >= 0.3 is 0 Å². The van der Waals surface area contributed by atoms with E-state index in [-0.39, 0.29) is 5.75 Å².